The molecule has 1 aromatic heterocycles. The number of aryl methyl sites for hydroxylation is 1. The van der Waals surface area contributed by atoms with Crippen LogP contribution in [-0.2, 0) is 19.5 Å². The number of imidazole rings is 1. The zero-order valence-electron chi connectivity index (χ0n) is 11.5. The van der Waals surface area contributed by atoms with Gasteiger partial charge in [0.1, 0.15) is 5.82 Å². The summed E-state index contributed by atoms with van der Waals surface area (Å²) >= 11 is 9.57. The van der Waals surface area contributed by atoms with Gasteiger partial charge in [0.2, 0.25) is 0 Å². The molecule has 2 rings (SSSR count). The predicted molar refractivity (Wildman–Crippen MR) is 86.9 cm³/mol. The van der Waals surface area contributed by atoms with E-state index in [1.165, 1.54) is 5.56 Å². The number of hydrogen-bond acceptors (Lipinski definition) is 2. The molecule has 0 saturated carbocycles. The average Bonchev–Trinajstić information content (AvgIpc) is 2.79. The minimum atomic E-state index is 0.583. The molecule has 0 unspecified atom stereocenters. The maximum Gasteiger partial charge on any atom is 0.151 e. The van der Waals surface area contributed by atoms with Gasteiger partial charge in [-0.05, 0) is 24.1 Å². The Kier molecular flexibility index (Phi) is 6.07. The van der Waals surface area contributed by atoms with Crippen LogP contribution in [0.4, 0.5) is 0 Å². The SMILES string of the molecule is CCCCc1nc(Cl)c(CNCc2ccc(Br)cc2)[nH]1. The van der Waals surface area contributed by atoms with E-state index in [4.69, 9.17) is 11.6 Å². The number of aromatic amines is 1. The smallest absolute Gasteiger partial charge is 0.151 e. The molecule has 108 valence electrons. The van der Waals surface area contributed by atoms with Crippen LogP contribution in [0.1, 0.15) is 36.8 Å². The van der Waals surface area contributed by atoms with E-state index in [9.17, 15) is 0 Å². The van der Waals surface area contributed by atoms with Crippen molar-refractivity contribution in [2.45, 2.75) is 39.3 Å². The molecule has 0 saturated heterocycles. The van der Waals surface area contributed by atoms with Gasteiger partial charge >= 0.3 is 0 Å². The molecular weight excluding hydrogens is 338 g/mol. The first kappa shape index (κ1) is 15.5. The van der Waals surface area contributed by atoms with Crippen LogP contribution in [0.15, 0.2) is 28.7 Å². The van der Waals surface area contributed by atoms with Crippen molar-refractivity contribution >= 4 is 27.5 Å². The first-order valence-corrected chi connectivity index (χ1v) is 8.04. The highest BCUT2D eigenvalue weighted by molar-refractivity contribution is 9.10. The summed E-state index contributed by atoms with van der Waals surface area (Å²) in [7, 11) is 0. The molecule has 0 bridgehead atoms. The van der Waals surface area contributed by atoms with Crippen molar-refractivity contribution in [3.63, 3.8) is 0 Å². The van der Waals surface area contributed by atoms with Gasteiger partial charge in [-0.15, -0.1) is 0 Å². The average molecular weight is 357 g/mol. The van der Waals surface area contributed by atoms with Gasteiger partial charge in [-0.3, -0.25) is 0 Å². The first-order chi connectivity index (χ1) is 9.69. The molecule has 0 atom stereocenters. The van der Waals surface area contributed by atoms with Crippen LogP contribution >= 0.6 is 27.5 Å². The second kappa shape index (κ2) is 7.81. The number of nitrogens with one attached hydrogen (secondary N) is 2. The predicted octanol–water partition coefficient (Wildman–Crippen LogP) is 4.46. The van der Waals surface area contributed by atoms with Gasteiger partial charge < -0.3 is 10.3 Å². The summed E-state index contributed by atoms with van der Waals surface area (Å²) in [6.45, 7) is 3.69. The standard InChI is InChI=1S/C15H19BrClN3/c1-2-3-4-14-19-13(15(17)20-14)10-18-9-11-5-7-12(16)8-6-11/h5-8,18H,2-4,9-10H2,1H3,(H,19,20). The van der Waals surface area contributed by atoms with E-state index in [-0.39, 0.29) is 0 Å². The van der Waals surface area contributed by atoms with E-state index in [2.05, 4.69) is 50.3 Å². The van der Waals surface area contributed by atoms with E-state index < -0.39 is 0 Å². The fourth-order valence-corrected chi connectivity index (χ4v) is 2.43. The molecule has 0 aliphatic carbocycles. The normalized spacial score (nSPS) is 10.9. The van der Waals surface area contributed by atoms with Crippen molar-refractivity contribution < 1.29 is 0 Å². The van der Waals surface area contributed by atoms with Crippen LogP contribution in [0.25, 0.3) is 0 Å². The summed E-state index contributed by atoms with van der Waals surface area (Å²) in [6, 6.07) is 8.28. The molecule has 2 aromatic rings. The zero-order valence-corrected chi connectivity index (χ0v) is 13.9. The summed E-state index contributed by atoms with van der Waals surface area (Å²) < 4.78 is 1.10. The highest BCUT2D eigenvalue weighted by Gasteiger charge is 2.07. The van der Waals surface area contributed by atoms with Crippen molar-refractivity contribution in [2.75, 3.05) is 0 Å². The molecule has 2 N–H and O–H groups in total. The van der Waals surface area contributed by atoms with Crippen LogP contribution < -0.4 is 5.32 Å². The maximum absolute atomic E-state index is 6.14. The Labute approximate surface area is 133 Å². The third-order valence-electron chi connectivity index (χ3n) is 3.09. The fourth-order valence-electron chi connectivity index (χ4n) is 1.95. The molecule has 0 fully saturated rings. The maximum atomic E-state index is 6.14. The van der Waals surface area contributed by atoms with Gasteiger partial charge in [0.05, 0.1) is 5.69 Å². The van der Waals surface area contributed by atoms with Crippen LogP contribution in [0, 0.1) is 0 Å². The quantitative estimate of drug-likeness (QED) is 0.769. The summed E-state index contributed by atoms with van der Waals surface area (Å²) in [5.74, 6) is 0.984. The van der Waals surface area contributed by atoms with Gasteiger partial charge in [0, 0.05) is 24.0 Å². The van der Waals surface area contributed by atoms with Crippen molar-refractivity contribution in [1.29, 1.82) is 0 Å². The van der Waals surface area contributed by atoms with Crippen LogP contribution in [0.2, 0.25) is 5.15 Å². The number of hydrogen-bond donors (Lipinski definition) is 2. The first-order valence-electron chi connectivity index (χ1n) is 6.87. The van der Waals surface area contributed by atoms with Gasteiger partial charge in [-0.2, -0.15) is 0 Å². The van der Waals surface area contributed by atoms with Gasteiger partial charge in [-0.25, -0.2) is 4.98 Å². The number of rotatable bonds is 7. The highest BCUT2D eigenvalue weighted by atomic mass is 79.9. The van der Waals surface area contributed by atoms with E-state index >= 15 is 0 Å². The van der Waals surface area contributed by atoms with Crippen LogP contribution in [0.5, 0.6) is 0 Å². The molecule has 3 nitrogen and oxygen atoms in total. The van der Waals surface area contributed by atoms with E-state index in [1.54, 1.807) is 0 Å². The monoisotopic (exact) mass is 355 g/mol. The number of aromatic nitrogens is 2. The molecular formula is C15H19BrClN3. The van der Waals surface area contributed by atoms with Gasteiger partial charge in [-0.1, -0.05) is 53.0 Å². The van der Waals surface area contributed by atoms with Crippen molar-refractivity contribution in [3.8, 4) is 0 Å². The molecule has 1 heterocycles. The summed E-state index contributed by atoms with van der Waals surface area (Å²) in [5.41, 5.74) is 2.21. The molecule has 0 spiro atoms. The van der Waals surface area contributed by atoms with Crippen molar-refractivity contribution in [2.24, 2.45) is 0 Å². The van der Waals surface area contributed by atoms with E-state index in [0.29, 0.717) is 11.7 Å². The Hall–Kier alpha value is -0.840. The molecule has 0 radical (unpaired) electrons. The number of H-pyrrole nitrogens is 1. The molecule has 1 aromatic carbocycles. The Balaban J connectivity index is 1.84. The Morgan fingerprint density at radius 2 is 2.00 bits per heavy atom. The van der Waals surface area contributed by atoms with Crippen LogP contribution in [0.3, 0.4) is 0 Å². The molecule has 0 aliphatic heterocycles. The third-order valence-corrected chi connectivity index (χ3v) is 3.93. The second-order valence-corrected chi connectivity index (χ2v) is 6.06. The highest BCUT2D eigenvalue weighted by Crippen LogP contribution is 2.14. The minimum absolute atomic E-state index is 0.583. The number of benzene rings is 1. The third kappa shape index (κ3) is 4.62. The largest absolute Gasteiger partial charge is 0.344 e. The number of unbranched alkanes of at least 4 members (excludes halogenated alkanes) is 1. The summed E-state index contributed by atoms with van der Waals surface area (Å²) in [5, 5.41) is 3.96. The molecule has 5 heteroatoms. The zero-order chi connectivity index (χ0) is 14.4. The molecule has 0 aliphatic rings. The lowest BCUT2D eigenvalue weighted by atomic mass is 10.2. The Bertz CT molecular complexity index is 537. The number of halogens is 2. The topological polar surface area (TPSA) is 40.7 Å². The summed E-state index contributed by atoms with van der Waals surface area (Å²) in [6.07, 6.45) is 3.26. The Morgan fingerprint density at radius 1 is 1.25 bits per heavy atom. The number of nitrogens with zero attached hydrogens (tertiary/aromatic N) is 1. The lowest BCUT2D eigenvalue weighted by Crippen LogP contribution is -2.13. The van der Waals surface area contributed by atoms with Crippen molar-refractivity contribution in [3.05, 3.63) is 51.0 Å². The molecule has 20 heavy (non-hydrogen) atoms. The summed E-state index contributed by atoms with van der Waals surface area (Å²) in [4.78, 5) is 7.65. The second-order valence-electron chi connectivity index (χ2n) is 4.79. The lowest BCUT2D eigenvalue weighted by molar-refractivity contribution is 0.678. The van der Waals surface area contributed by atoms with E-state index in [1.807, 2.05) is 12.1 Å². The van der Waals surface area contributed by atoms with Crippen LogP contribution in [-0.4, -0.2) is 9.97 Å². The van der Waals surface area contributed by atoms with Crippen molar-refractivity contribution in [1.82, 2.24) is 15.3 Å². The Morgan fingerprint density at radius 3 is 2.70 bits per heavy atom. The lowest BCUT2D eigenvalue weighted by Gasteiger charge is -2.04. The van der Waals surface area contributed by atoms with Gasteiger partial charge in [0.15, 0.2) is 5.15 Å². The van der Waals surface area contributed by atoms with E-state index in [0.717, 1.165) is 41.8 Å². The minimum Gasteiger partial charge on any atom is -0.344 e. The van der Waals surface area contributed by atoms with Gasteiger partial charge in [0.25, 0.3) is 0 Å². The molecule has 0 amide bonds. The fraction of sp³-hybridized carbons (Fsp3) is 0.400.